The number of halogens is 1. The van der Waals surface area contributed by atoms with Gasteiger partial charge in [-0.3, -0.25) is 14.4 Å². The zero-order valence-corrected chi connectivity index (χ0v) is 18.1. The molecule has 1 aliphatic heterocycles. The Morgan fingerprint density at radius 2 is 2.20 bits per heavy atom. The smallest absolute Gasteiger partial charge is 0.180 e. The van der Waals surface area contributed by atoms with Crippen LogP contribution in [0, 0.1) is 6.92 Å². The minimum Gasteiger partial charge on any atom is -0.328 e. The molecular formula is C20H25FN8S. The Kier molecular flexibility index (Phi) is 6.05. The Morgan fingerprint density at radius 3 is 2.93 bits per heavy atom. The summed E-state index contributed by atoms with van der Waals surface area (Å²) in [6.07, 6.45) is 7.26. The molecule has 0 bridgehead atoms. The molecule has 4 aromatic heterocycles. The normalized spacial score (nSPS) is 16.6. The Hall–Kier alpha value is -2.85. The summed E-state index contributed by atoms with van der Waals surface area (Å²) in [5.41, 5.74) is 4.44. The highest BCUT2D eigenvalue weighted by atomic mass is 32.1. The minimum atomic E-state index is -0.717. The lowest BCUT2D eigenvalue weighted by atomic mass is 10.3. The van der Waals surface area contributed by atoms with Crippen molar-refractivity contribution in [2.45, 2.75) is 39.9 Å². The molecule has 5 heterocycles. The number of nitrogens with zero attached hydrogens (tertiary/aromatic N) is 6. The van der Waals surface area contributed by atoms with E-state index >= 15 is 0 Å². The summed E-state index contributed by atoms with van der Waals surface area (Å²) >= 11 is 1.37. The number of hydrogen-bond acceptors (Lipinski definition) is 7. The molecule has 0 aliphatic carbocycles. The van der Waals surface area contributed by atoms with Gasteiger partial charge in [-0.05, 0) is 30.9 Å². The standard InChI is InChI=1S/C18H19FN8S.C2H6/c1-11-8-27-15(12-5-21-22-6-12)7-20-18(27)17(23-11)24-16-4-14(25-28-16)10-26-3-2-13(19)9-26;1-2/h4-8,13H,2-3,9-10H2,1H3,(H,21,22)(H,23,24);1-2H3. The van der Waals surface area contributed by atoms with E-state index in [9.17, 15) is 4.39 Å². The van der Waals surface area contributed by atoms with Crippen LogP contribution in [0.3, 0.4) is 0 Å². The summed E-state index contributed by atoms with van der Waals surface area (Å²) in [4.78, 5) is 11.3. The van der Waals surface area contributed by atoms with Crippen molar-refractivity contribution in [3.63, 3.8) is 0 Å². The summed E-state index contributed by atoms with van der Waals surface area (Å²) in [5, 5.41) is 11.1. The lowest BCUT2D eigenvalue weighted by Gasteiger charge is -2.11. The fourth-order valence-electron chi connectivity index (χ4n) is 3.52. The number of fused-ring (bicyclic) bond motifs is 1. The van der Waals surface area contributed by atoms with Crippen molar-refractivity contribution in [2.24, 2.45) is 0 Å². The largest absolute Gasteiger partial charge is 0.328 e. The maximum atomic E-state index is 13.4. The second-order valence-electron chi connectivity index (χ2n) is 6.98. The minimum absolute atomic E-state index is 0.491. The molecule has 1 aliphatic rings. The van der Waals surface area contributed by atoms with Crippen LogP contribution in [0.1, 0.15) is 31.7 Å². The molecule has 1 atom stereocenters. The molecule has 30 heavy (non-hydrogen) atoms. The van der Waals surface area contributed by atoms with Crippen LogP contribution in [0.2, 0.25) is 0 Å². The molecule has 4 aromatic rings. The molecule has 0 amide bonds. The van der Waals surface area contributed by atoms with Gasteiger partial charge >= 0.3 is 0 Å². The molecule has 2 N–H and O–H groups in total. The van der Waals surface area contributed by atoms with Crippen molar-refractivity contribution in [1.29, 1.82) is 0 Å². The SMILES string of the molecule is CC.Cc1cn2c(-c3cn[nH]c3)cnc2c(Nc2cc(CN3CCC(F)C3)ns2)n1. The van der Waals surface area contributed by atoms with Gasteiger partial charge in [0.05, 0.1) is 29.5 Å². The van der Waals surface area contributed by atoms with Gasteiger partial charge in [-0.2, -0.15) is 9.47 Å². The highest BCUT2D eigenvalue weighted by Gasteiger charge is 2.22. The Bertz CT molecular complexity index is 1100. The van der Waals surface area contributed by atoms with E-state index in [1.165, 1.54) is 11.5 Å². The summed E-state index contributed by atoms with van der Waals surface area (Å²) in [6.45, 7) is 7.89. The number of rotatable bonds is 5. The van der Waals surface area contributed by atoms with Crippen molar-refractivity contribution < 1.29 is 4.39 Å². The van der Waals surface area contributed by atoms with Crippen LogP contribution in [-0.4, -0.2) is 53.1 Å². The number of hydrogen-bond donors (Lipinski definition) is 2. The van der Waals surface area contributed by atoms with Gasteiger partial charge in [0, 0.05) is 37.6 Å². The second-order valence-corrected chi connectivity index (χ2v) is 7.79. The number of likely N-dealkylation sites (tertiary alicyclic amines) is 1. The fourth-order valence-corrected chi connectivity index (χ4v) is 4.17. The highest BCUT2D eigenvalue weighted by molar-refractivity contribution is 7.10. The molecule has 10 heteroatoms. The van der Waals surface area contributed by atoms with E-state index in [-0.39, 0.29) is 0 Å². The van der Waals surface area contributed by atoms with Crippen LogP contribution < -0.4 is 5.32 Å². The zero-order chi connectivity index (χ0) is 21.1. The van der Waals surface area contributed by atoms with Crippen molar-refractivity contribution in [3.05, 3.63) is 42.2 Å². The molecule has 1 saturated heterocycles. The average Bonchev–Trinajstić information content (AvgIpc) is 3.52. The van der Waals surface area contributed by atoms with Gasteiger partial charge < -0.3 is 5.32 Å². The van der Waals surface area contributed by atoms with E-state index in [1.807, 2.05) is 49.8 Å². The van der Waals surface area contributed by atoms with Gasteiger partial charge in [-0.1, -0.05) is 13.8 Å². The number of imidazole rings is 1. The van der Waals surface area contributed by atoms with Crippen molar-refractivity contribution in [3.8, 4) is 11.3 Å². The van der Waals surface area contributed by atoms with E-state index < -0.39 is 6.17 Å². The van der Waals surface area contributed by atoms with E-state index in [1.54, 1.807) is 6.20 Å². The van der Waals surface area contributed by atoms with Crippen LogP contribution in [0.4, 0.5) is 15.2 Å². The first kappa shape index (κ1) is 20.4. The van der Waals surface area contributed by atoms with Crippen molar-refractivity contribution in [2.75, 3.05) is 18.4 Å². The number of H-pyrrole nitrogens is 1. The quantitative estimate of drug-likeness (QED) is 0.495. The zero-order valence-electron chi connectivity index (χ0n) is 17.3. The summed E-state index contributed by atoms with van der Waals surface area (Å²) in [6, 6.07) is 2.00. The first-order valence-corrected chi connectivity index (χ1v) is 10.9. The molecule has 8 nitrogen and oxygen atoms in total. The molecular weight excluding hydrogens is 403 g/mol. The number of aromatic nitrogens is 6. The monoisotopic (exact) mass is 428 g/mol. The molecule has 0 saturated carbocycles. The van der Waals surface area contributed by atoms with Crippen LogP contribution in [0.25, 0.3) is 16.9 Å². The first-order valence-electron chi connectivity index (χ1n) is 10.1. The third-order valence-corrected chi connectivity index (χ3v) is 5.55. The molecule has 0 radical (unpaired) electrons. The maximum Gasteiger partial charge on any atom is 0.180 e. The number of nitrogens with one attached hydrogen (secondary N) is 2. The number of aromatic amines is 1. The van der Waals surface area contributed by atoms with E-state index in [4.69, 9.17) is 0 Å². The highest BCUT2D eigenvalue weighted by Crippen LogP contribution is 2.28. The first-order chi connectivity index (χ1) is 14.7. The molecule has 1 fully saturated rings. The Balaban J connectivity index is 0.00000106. The van der Waals surface area contributed by atoms with Gasteiger partial charge in [-0.15, -0.1) is 0 Å². The number of anilines is 2. The van der Waals surface area contributed by atoms with E-state index in [0.717, 1.165) is 39.8 Å². The molecule has 1 unspecified atom stereocenters. The fraction of sp³-hybridized carbons (Fsp3) is 0.400. The molecule has 5 rings (SSSR count). The molecule has 0 spiro atoms. The Morgan fingerprint density at radius 1 is 1.33 bits per heavy atom. The van der Waals surface area contributed by atoms with Gasteiger partial charge in [0.1, 0.15) is 11.2 Å². The second kappa shape index (κ2) is 8.88. The van der Waals surface area contributed by atoms with Gasteiger partial charge in [-0.25, -0.2) is 14.4 Å². The van der Waals surface area contributed by atoms with Crippen LogP contribution in [-0.2, 0) is 6.54 Å². The predicted molar refractivity (Wildman–Crippen MR) is 117 cm³/mol. The van der Waals surface area contributed by atoms with Crippen molar-refractivity contribution >= 4 is 28.0 Å². The lowest BCUT2D eigenvalue weighted by molar-refractivity contribution is 0.281. The summed E-state index contributed by atoms with van der Waals surface area (Å²) < 4.78 is 19.9. The number of aryl methyl sites for hydroxylation is 1. The lowest BCUT2D eigenvalue weighted by Crippen LogP contribution is -2.20. The van der Waals surface area contributed by atoms with Crippen molar-refractivity contribution in [1.82, 2.24) is 33.8 Å². The molecule has 158 valence electrons. The summed E-state index contributed by atoms with van der Waals surface area (Å²) in [5.74, 6) is 0.676. The third kappa shape index (κ3) is 4.19. The van der Waals surface area contributed by atoms with Gasteiger partial charge in [0.25, 0.3) is 0 Å². The Labute approximate surface area is 178 Å². The number of alkyl halides is 1. The van der Waals surface area contributed by atoms with Gasteiger partial charge in [0.15, 0.2) is 11.5 Å². The van der Waals surface area contributed by atoms with Crippen LogP contribution in [0.15, 0.2) is 30.9 Å². The molecule has 0 aromatic carbocycles. The van der Waals surface area contributed by atoms with Crippen LogP contribution >= 0.6 is 11.5 Å². The van der Waals surface area contributed by atoms with Crippen LogP contribution in [0.5, 0.6) is 0 Å². The van der Waals surface area contributed by atoms with E-state index in [0.29, 0.717) is 25.3 Å². The third-order valence-electron chi connectivity index (χ3n) is 4.81. The van der Waals surface area contributed by atoms with E-state index in [2.05, 4.69) is 34.8 Å². The predicted octanol–water partition coefficient (Wildman–Crippen LogP) is 4.20. The topological polar surface area (TPSA) is 87.0 Å². The maximum absolute atomic E-state index is 13.4. The summed E-state index contributed by atoms with van der Waals surface area (Å²) in [7, 11) is 0. The average molecular weight is 429 g/mol. The van der Waals surface area contributed by atoms with Gasteiger partial charge in [0.2, 0.25) is 0 Å².